The Morgan fingerprint density at radius 3 is 2.43 bits per heavy atom. The van der Waals surface area contributed by atoms with Crippen LogP contribution in [0.1, 0.15) is 28.5 Å². The highest BCUT2D eigenvalue weighted by molar-refractivity contribution is 9.10. The molecule has 1 aliphatic rings. The lowest BCUT2D eigenvalue weighted by Gasteiger charge is -2.14. The lowest BCUT2D eigenvalue weighted by molar-refractivity contribution is 0.297. The summed E-state index contributed by atoms with van der Waals surface area (Å²) in [5, 5.41) is -0.209. The van der Waals surface area contributed by atoms with Crippen LogP contribution >= 0.6 is 27.5 Å². The Hall–Kier alpha value is -1.19. The summed E-state index contributed by atoms with van der Waals surface area (Å²) in [7, 11) is 0. The van der Waals surface area contributed by atoms with Crippen molar-refractivity contribution >= 4 is 27.5 Å². The quantitative estimate of drug-likeness (QED) is 0.675. The fourth-order valence-electron chi connectivity index (χ4n) is 2.30. The van der Waals surface area contributed by atoms with Gasteiger partial charge >= 0.3 is 0 Å². The number of hydrogen-bond acceptors (Lipinski definition) is 2. The first kappa shape index (κ1) is 14.7. The van der Waals surface area contributed by atoms with E-state index in [-0.39, 0.29) is 5.38 Å². The first-order valence-corrected chi connectivity index (χ1v) is 8.18. The van der Waals surface area contributed by atoms with Crippen molar-refractivity contribution < 1.29 is 9.47 Å². The topological polar surface area (TPSA) is 18.5 Å². The predicted octanol–water partition coefficient (Wildman–Crippen LogP) is 5.25. The van der Waals surface area contributed by atoms with E-state index in [1.807, 2.05) is 18.2 Å². The molecule has 0 saturated heterocycles. The maximum absolute atomic E-state index is 6.62. The second-order valence-electron chi connectivity index (χ2n) is 5.13. The normalized spacial score (nSPS) is 15.4. The molecule has 1 heterocycles. The van der Waals surface area contributed by atoms with E-state index in [9.17, 15) is 0 Å². The molecule has 0 bridgehead atoms. The monoisotopic (exact) mass is 366 g/mol. The highest BCUT2D eigenvalue weighted by Crippen LogP contribution is 2.37. The minimum absolute atomic E-state index is 0.209. The van der Waals surface area contributed by atoms with Gasteiger partial charge in [0.2, 0.25) is 0 Å². The summed E-state index contributed by atoms with van der Waals surface area (Å²) in [4.78, 5) is 0. The molecule has 1 atom stereocenters. The second-order valence-corrected chi connectivity index (χ2v) is 6.42. The second kappa shape index (κ2) is 6.29. The van der Waals surface area contributed by atoms with Gasteiger partial charge in [-0.3, -0.25) is 0 Å². The van der Waals surface area contributed by atoms with Crippen molar-refractivity contribution in [2.24, 2.45) is 0 Å². The summed E-state index contributed by atoms with van der Waals surface area (Å²) in [5.74, 6) is 1.58. The van der Waals surface area contributed by atoms with Crippen LogP contribution in [-0.2, 0) is 0 Å². The molecule has 0 radical (unpaired) electrons. The zero-order valence-electron chi connectivity index (χ0n) is 11.7. The third-order valence-electron chi connectivity index (χ3n) is 3.55. The van der Waals surface area contributed by atoms with E-state index in [4.69, 9.17) is 21.1 Å². The highest BCUT2D eigenvalue weighted by atomic mass is 79.9. The molecule has 2 nitrogen and oxygen atoms in total. The number of hydrogen-bond donors (Lipinski definition) is 0. The van der Waals surface area contributed by atoms with Gasteiger partial charge in [0.25, 0.3) is 0 Å². The van der Waals surface area contributed by atoms with Gasteiger partial charge in [0.15, 0.2) is 11.5 Å². The van der Waals surface area contributed by atoms with E-state index in [0.29, 0.717) is 13.2 Å². The molecular weight excluding hydrogens is 352 g/mol. The lowest BCUT2D eigenvalue weighted by Crippen LogP contribution is -1.98. The summed E-state index contributed by atoms with van der Waals surface area (Å²) < 4.78 is 12.4. The van der Waals surface area contributed by atoms with Crippen molar-refractivity contribution in [2.45, 2.75) is 18.7 Å². The van der Waals surface area contributed by atoms with E-state index < -0.39 is 0 Å². The number of ether oxygens (including phenoxy) is 2. The minimum atomic E-state index is -0.209. The van der Waals surface area contributed by atoms with E-state index in [2.05, 4.69) is 41.1 Å². The molecule has 3 rings (SSSR count). The van der Waals surface area contributed by atoms with Crippen LogP contribution in [0.4, 0.5) is 0 Å². The first-order chi connectivity index (χ1) is 10.1. The predicted molar refractivity (Wildman–Crippen MR) is 88.6 cm³/mol. The molecule has 2 aromatic rings. The number of alkyl halides is 1. The number of halogens is 2. The molecule has 0 saturated carbocycles. The van der Waals surface area contributed by atoms with Crippen molar-refractivity contribution in [3.05, 3.63) is 57.6 Å². The summed E-state index contributed by atoms with van der Waals surface area (Å²) in [6.45, 7) is 3.44. The van der Waals surface area contributed by atoms with Crippen LogP contribution < -0.4 is 9.47 Å². The van der Waals surface area contributed by atoms with Gasteiger partial charge in [-0.05, 0) is 41.8 Å². The summed E-state index contributed by atoms with van der Waals surface area (Å²) in [5.41, 5.74) is 3.27. The minimum Gasteiger partial charge on any atom is -0.490 e. The fourth-order valence-corrected chi connectivity index (χ4v) is 2.96. The van der Waals surface area contributed by atoms with Crippen molar-refractivity contribution in [1.29, 1.82) is 0 Å². The molecule has 1 aliphatic heterocycles. The Kier molecular flexibility index (Phi) is 4.41. The number of benzene rings is 2. The van der Waals surface area contributed by atoms with Crippen LogP contribution in [0, 0.1) is 6.92 Å². The molecule has 1 unspecified atom stereocenters. The zero-order valence-corrected chi connectivity index (χ0v) is 14.1. The van der Waals surface area contributed by atoms with Crippen molar-refractivity contribution in [3.8, 4) is 11.5 Å². The van der Waals surface area contributed by atoms with E-state index >= 15 is 0 Å². The van der Waals surface area contributed by atoms with Gasteiger partial charge in [0.05, 0.1) is 18.6 Å². The number of aryl methyl sites for hydroxylation is 1. The molecule has 0 fully saturated rings. The van der Waals surface area contributed by atoms with Gasteiger partial charge < -0.3 is 9.47 Å². The summed E-state index contributed by atoms with van der Waals surface area (Å²) in [6, 6.07) is 12.1. The zero-order chi connectivity index (χ0) is 14.8. The van der Waals surface area contributed by atoms with Crippen LogP contribution in [0.25, 0.3) is 0 Å². The molecule has 0 aromatic heterocycles. The fraction of sp³-hybridized carbons (Fsp3) is 0.294. The van der Waals surface area contributed by atoms with Crippen molar-refractivity contribution in [3.63, 3.8) is 0 Å². The van der Waals surface area contributed by atoms with E-state index in [0.717, 1.165) is 33.5 Å². The van der Waals surface area contributed by atoms with Gasteiger partial charge in [0, 0.05) is 10.9 Å². The Bertz CT molecular complexity index is 657. The average molecular weight is 368 g/mol. The van der Waals surface area contributed by atoms with Gasteiger partial charge in [-0.25, -0.2) is 0 Å². The van der Waals surface area contributed by atoms with Crippen LogP contribution in [0.5, 0.6) is 11.5 Å². The Morgan fingerprint density at radius 2 is 1.67 bits per heavy atom. The standard InChI is InChI=1S/C17H16BrClO2/c1-11-3-4-12(9-14(11)18)17(19)13-5-6-15-16(10-13)21-8-2-7-20-15/h3-6,9-10,17H,2,7-8H2,1H3. The van der Waals surface area contributed by atoms with Gasteiger partial charge in [-0.2, -0.15) is 0 Å². The van der Waals surface area contributed by atoms with Crippen LogP contribution in [0.3, 0.4) is 0 Å². The molecule has 0 amide bonds. The Morgan fingerprint density at radius 1 is 1.00 bits per heavy atom. The van der Waals surface area contributed by atoms with Crippen molar-refractivity contribution in [1.82, 2.24) is 0 Å². The van der Waals surface area contributed by atoms with E-state index in [1.165, 1.54) is 5.56 Å². The van der Waals surface area contributed by atoms with Crippen molar-refractivity contribution in [2.75, 3.05) is 13.2 Å². The molecule has 4 heteroatoms. The van der Waals surface area contributed by atoms with Gasteiger partial charge in [-0.15, -0.1) is 11.6 Å². The lowest BCUT2D eigenvalue weighted by atomic mass is 10.0. The number of fused-ring (bicyclic) bond motifs is 1. The van der Waals surface area contributed by atoms with Crippen LogP contribution in [0.15, 0.2) is 40.9 Å². The molecular formula is C17H16BrClO2. The number of rotatable bonds is 2. The third kappa shape index (κ3) is 3.19. The summed E-state index contributed by atoms with van der Waals surface area (Å²) >= 11 is 10.2. The van der Waals surface area contributed by atoms with Gasteiger partial charge in [0.1, 0.15) is 0 Å². The Balaban J connectivity index is 1.92. The molecule has 2 aromatic carbocycles. The third-order valence-corrected chi connectivity index (χ3v) is 4.91. The maximum Gasteiger partial charge on any atom is 0.161 e. The maximum atomic E-state index is 6.62. The molecule has 0 aliphatic carbocycles. The highest BCUT2D eigenvalue weighted by Gasteiger charge is 2.16. The molecule has 0 spiro atoms. The van der Waals surface area contributed by atoms with E-state index in [1.54, 1.807) is 0 Å². The average Bonchev–Trinajstić information content (AvgIpc) is 2.73. The largest absolute Gasteiger partial charge is 0.490 e. The first-order valence-electron chi connectivity index (χ1n) is 6.95. The molecule has 21 heavy (non-hydrogen) atoms. The SMILES string of the molecule is Cc1ccc(C(Cl)c2ccc3c(c2)OCCCO3)cc1Br. The molecule has 110 valence electrons. The Labute approximate surface area is 138 Å². The summed E-state index contributed by atoms with van der Waals surface area (Å²) in [6.07, 6.45) is 0.902. The van der Waals surface area contributed by atoms with Crippen LogP contribution in [-0.4, -0.2) is 13.2 Å². The van der Waals surface area contributed by atoms with Crippen LogP contribution in [0.2, 0.25) is 0 Å². The van der Waals surface area contributed by atoms with Gasteiger partial charge in [-0.1, -0.05) is 34.1 Å². The molecule has 0 N–H and O–H groups in total. The smallest absolute Gasteiger partial charge is 0.161 e.